The summed E-state index contributed by atoms with van der Waals surface area (Å²) in [5, 5.41) is 14.3. The Bertz CT molecular complexity index is 468. The zero-order valence-electron chi connectivity index (χ0n) is 11.4. The molecule has 0 atom stereocenters. The van der Waals surface area contributed by atoms with Crippen LogP contribution in [0.1, 0.15) is 25.3 Å². The highest BCUT2D eigenvalue weighted by molar-refractivity contribution is 5.62. The summed E-state index contributed by atoms with van der Waals surface area (Å²) in [6.07, 6.45) is 1.97. The molecule has 0 aromatic heterocycles. The number of ether oxygens (including phenoxy) is 1. The summed E-state index contributed by atoms with van der Waals surface area (Å²) in [5.41, 5.74) is 1.92. The predicted molar refractivity (Wildman–Crippen MR) is 74.5 cm³/mol. The molecule has 1 aliphatic heterocycles. The molecule has 5 nitrogen and oxygen atoms in total. The lowest BCUT2D eigenvalue weighted by Crippen LogP contribution is -2.33. The average Bonchev–Trinajstić information content (AvgIpc) is 2.37. The van der Waals surface area contributed by atoms with Crippen molar-refractivity contribution in [2.45, 2.75) is 26.7 Å². The van der Waals surface area contributed by atoms with Gasteiger partial charge in [0.05, 0.1) is 4.92 Å². The second-order valence-electron chi connectivity index (χ2n) is 5.55. The number of anilines is 1. The Hall–Kier alpha value is -1.62. The first-order valence-electron chi connectivity index (χ1n) is 6.57. The Balaban J connectivity index is 2.10. The maximum Gasteiger partial charge on any atom is 0.292 e. The number of benzene rings is 1. The van der Waals surface area contributed by atoms with Crippen LogP contribution < -0.4 is 5.32 Å². The van der Waals surface area contributed by atoms with Crippen molar-refractivity contribution in [1.82, 2.24) is 0 Å². The van der Waals surface area contributed by atoms with Gasteiger partial charge in [-0.05, 0) is 36.8 Å². The molecule has 0 saturated carbocycles. The summed E-state index contributed by atoms with van der Waals surface area (Å²) >= 11 is 0. The Morgan fingerprint density at radius 1 is 1.42 bits per heavy atom. The smallest absolute Gasteiger partial charge is 0.292 e. The fourth-order valence-corrected chi connectivity index (χ4v) is 2.30. The van der Waals surface area contributed by atoms with Crippen LogP contribution in [-0.4, -0.2) is 24.7 Å². The van der Waals surface area contributed by atoms with Crippen molar-refractivity contribution >= 4 is 11.4 Å². The zero-order chi connectivity index (χ0) is 13.9. The van der Waals surface area contributed by atoms with Crippen molar-refractivity contribution in [2.75, 3.05) is 25.1 Å². The minimum absolute atomic E-state index is 0.140. The second-order valence-corrected chi connectivity index (χ2v) is 5.55. The summed E-state index contributed by atoms with van der Waals surface area (Å²) in [7, 11) is 0. The third-order valence-corrected chi connectivity index (χ3v) is 3.75. The molecule has 19 heavy (non-hydrogen) atoms. The lowest BCUT2D eigenvalue weighted by atomic mass is 9.82. The normalized spacial score (nSPS) is 18.0. The SMILES string of the molecule is Cc1ccc([N+](=O)[O-])c(NCC2(C)CCOCC2)c1. The molecule has 1 aliphatic rings. The van der Waals surface area contributed by atoms with Crippen LogP contribution in [-0.2, 0) is 4.74 Å². The average molecular weight is 264 g/mol. The molecule has 104 valence electrons. The molecule has 5 heteroatoms. The molecule has 0 spiro atoms. The summed E-state index contributed by atoms with van der Waals surface area (Å²) < 4.78 is 5.36. The number of nitrogens with one attached hydrogen (secondary N) is 1. The van der Waals surface area contributed by atoms with E-state index in [4.69, 9.17) is 4.74 Å². The molecular formula is C14H20N2O3. The minimum atomic E-state index is -0.339. The van der Waals surface area contributed by atoms with Crippen LogP contribution in [0.25, 0.3) is 0 Å². The van der Waals surface area contributed by atoms with Gasteiger partial charge in [0.15, 0.2) is 0 Å². The lowest BCUT2D eigenvalue weighted by molar-refractivity contribution is -0.384. The number of aryl methyl sites for hydroxylation is 1. The van der Waals surface area contributed by atoms with Gasteiger partial charge in [-0.15, -0.1) is 0 Å². The third-order valence-electron chi connectivity index (χ3n) is 3.75. The number of nitro groups is 1. The van der Waals surface area contributed by atoms with Gasteiger partial charge in [0.2, 0.25) is 0 Å². The molecule has 1 heterocycles. The molecule has 1 aromatic carbocycles. The molecule has 0 amide bonds. The molecular weight excluding hydrogens is 244 g/mol. The first-order chi connectivity index (χ1) is 9.00. The van der Waals surface area contributed by atoms with Gasteiger partial charge in [0, 0.05) is 25.8 Å². The lowest BCUT2D eigenvalue weighted by Gasteiger charge is -2.33. The molecule has 0 unspecified atom stereocenters. The molecule has 1 aromatic rings. The van der Waals surface area contributed by atoms with Gasteiger partial charge in [0.25, 0.3) is 5.69 Å². The van der Waals surface area contributed by atoms with Gasteiger partial charge in [-0.3, -0.25) is 10.1 Å². The Kier molecular flexibility index (Phi) is 4.04. The van der Waals surface area contributed by atoms with Gasteiger partial charge < -0.3 is 10.1 Å². The van der Waals surface area contributed by atoms with E-state index >= 15 is 0 Å². The van der Waals surface area contributed by atoms with E-state index in [2.05, 4.69) is 12.2 Å². The van der Waals surface area contributed by atoms with E-state index in [0.29, 0.717) is 5.69 Å². The van der Waals surface area contributed by atoms with Crippen LogP contribution in [0.15, 0.2) is 18.2 Å². The first kappa shape index (κ1) is 13.8. The van der Waals surface area contributed by atoms with E-state index in [-0.39, 0.29) is 16.0 Å². The number of nitrogens with zero attached hydrogens (tertiary/aromatic N) is 1. The van der Waals surface area contributed by atoms with E-state index < -0.39 is 0 Å². The molecule has 0 radical (unpaired) electrons. The summed E-state index contributed by atoms with van der Waals surface area (Å²) in [5.74, 6) is 0. The van der Waals surface area contributed by atoms with Crippen molar-refractivity contribution in [2.24, 2.45) is 5.41 Å². The van der Waals surface area contributed by atoms with Crippen molar-refractivity contribution in [1.29, 1.82) is 0 Å². The second kappa shape index (κ2) is 5.57. The number of nitro benzene ring substituents is 1. The first-order valence-corrected chi connectivity index (χ1v) is 6.57. The summed E-state index contributed by atoms with van der Waals surface area (Å²) in [4.78, 5) is 10.7. The monoisotopic (exact) mass is 264 g/mol. The fraction of sp³-hybridized carbons (Fsp3) is 0.571. The van der Waals surface area contributed by atoms with E-state index in [1.165, 1.54) is 0 Å². The fourth-order valence-electron chi connectivity index (χ4n) is 2.30. The standard InChI is InChI=1S/C14H20N2O3/c1-11-3-4-13(16(17)18)12(9-11)15-10-14(2)5-7-19-8-6-14/h3-4,9,15H,5-8,10H2,1-2H3. The van der Waals surface area contributed by atoms with Crippen LogP contribution in [0.5, 0.6) is 0 Å². The van der Waals surface area contributed by atoms with Crippen LogP contribution in [0, 0.1) is 22.5 Å². The van der Waals surface area contributed by atoms with Crippen molar-refractivity contribution in [3.63, 3.8) is 0 Å². The van der Waals surface area contributed by atoms with E-state index in [9.17, 15) is 10.1 Å². The molecule has 0 bridgehead atoms. The maximum atomic E-state index is 11.0. The minimum Gasteiger partial charge on any atom is -0.381 e. The van der Waals surface area contributed by atoms with Crippen LogP contribution in [0.3, 0.4) is 0 Å². The van der Waals surface area contributed by atoms with Gasteiger partial charge in [0.1, 0.15) is 5.69 Å². The van der Waals surface area contributed by atoms with Gasteiger partial charge in [-0.1, -0.05) is 13.0 Å². The highest BCUT2D eigenvalue weighted by Crippen LogP contribution is 2.32. The molecule has 1 N–H and O–H groups in total. The largest absolute Gasteiger partial charge is 0.381 e. The number of hydrogen-bond acceptors (Lipinski definition) is 4. The van der Waals surface area contributed by atoms with E-state index in [1.807, 2.05) is 13.0 Å². The van der Waals surface area contributed by atoms with Crippen molar-refractivity contribution < 1.29 is 9.66 Å². The molecule has 1 fully saturated rings. The Morgan fingerprint density at radius 2 is 2.11 bits per heavy atom. The quantitative estimate of drug-likeness (QED) is 0.670. The van der Waals surface area contributed by atoms with Crippen LogP contribution >= 0.6 is 0 Å². The zero-order valence-corrected chi connectivity index (χ0v) is 11.4. The number of hydrogen-bond donors (Lipinski definition) is 1. The molecule has 2 rings (SSSR count). The number of rotatable bonds is 4. The van der Waals surface area contributed by atoms with Crippen molar-refractivity contribution in [3.8, 4) is 0 Å². The van der Waals surface area contributed by atoms with Gasteiger partial charge >= 0.3 is 0 Å². The topological polar surface area (TPSA) is 64.4 Å². The van der Waals surface area contributed by atoms with Gasteiger partial charge in [-0.2, -0.15) is 0 Å². The van der Waals surface area contributed by atoms with Gasteiger partial charge in [-0.25, -0.2) is 0 Å². The van der Waals surface area contributed by atoms with Crippen LogP contribution in [0.4, 0.5) is 11.4 Å². The summed E-state index contributed by atoms with van der Waals surface area (Å²) in [6.45, 7) is 6.41. The Labute approximate surface area is 113 Å². The molecule has 1 saturated heterocycles. The van der Waals surface area contributed by atoms with E-state index in [0.717, 1.165) is 38.2 Å². The Morgan fingerprint density at radius 3 is 2.74 bits per heavy atom. The highest BCUT2D eigenvalue weighted by Gasteiger charge is 2.28. The molecule has 0 aliphatic carbocycles. The third kappa shape index (κ3) is 3.44. The van der Waals surface area contributed by atoms with E-state index in [1.54, 1.807) is 12.1 Å². The maximum absolute atomic E-state index is 11.0. The highest BCUT2D eigenvalue weighted by atomic mass is 16.6. The van der Waals surface area contributed by atoms with Crippen molar-refractivity contribution in [3.05, 3.63) is 33.9 Å². The predicted octanol–water partition coefficient (Wildman–Crippen LogP) is 3.13. The summed E-state index contributed by atoms with van der Waals surface area (Å²) in [6, 6.07) is 5.16. The van der Waals surface area contributed by atoms with Crippen LogP contribution in [0.2, 0.25) is 0 Å².